The first-order valence-corrected chi connectivity index (χ1v) is 8.00. The van der Waals surface area contributed by atoms with Crippen molar-refractivity contribution in [1.29, 1.82) is 0 Å². The number of aromatic amines is 1. The number of carbonyl (C=O) groups excluding carboxylic acids is 2. The number of benzene rings is 2. The molecule has 3 rings (SSSR count). The summed E-state index contributed by atoms with van der Waals surface area (Å²) in [6, 6.07) is 10.6. The van der Waals surface area contributed by atoms with Crippen molar-refractivity contribution in [1.82, 2.24) is 15.2 Å². The van der Waals surface area contributed by atoms with Gasteiger partial charge in [0, 0.05) is 16.8 Å². The van der Waals surface area contributed by atoms with Crippen molar-refractivity contribution in [3.8, 4) is 11.4 Å². The highest BCUT2D eigenvalue weighted by Gasteiger charge is 2.11. The van der Waals surface area contributed by atoms with Crippen LogP contribution in [0.25, 0.3) is 11.4 Å². The van der Waals surface area contributed by atoms with Crippen molar-refractivity contribution in [2.24, 2.45) is 0 Å². The van der Waals surface area contributed by atoms with Gasteiger partial charge in [-0.2, -0.15) is 5.10 Å². The highest BCUT2D eigenvalue weighted by atomic mass is 19.1. The molecule has 0 saturated carbocycles. The Kier molecular flexibility index (Phi) is 5.07. The molecule has 0 spiro atoms. The summed E-state index contributed by atoms with van der Waals surface area (Å²) in [5.41, 5.74) is 1.47. The van der Waals surface area contributed by atoms with Gasteiger partial charge < -0.3 is 10.6 Å². The summed E-state index contributed by atoms with van der Waals surface area (Å²) in [5, 5.41) is 11.8. The lowest BCUT2D eigenvalue weighted by molar-refractivity contribution is -0.111. The van der Waals surface area contributed by atoms with Crippen LogP contribution < -0.4 is 10.6 Å². The molecule has 0 radical (unpaired) electrons. The predicted molar refractivity (Wildman–Crippen MR) is 99.7 cm³/mol. The van der Waals surface area contributed by atoms with Crippen LogP contribution in [0, 0.1) is 12.7 Å². The Labute approximate surface area is 154 Å². The quantitative estimate of drug-likeness (QED) is 0.604. The van der Waals surface area contributed by atoms with Gasteiger partial charge in [-0.05, 0) is 43.3 Å². The smallest absolute Gasteiger partial charge is 0.255 e. The summed E-state index contributed by atoms with van der Waals surface area (Å²) in [5.74, 6) is -0.298. The number of amides is 2. The van der Waals surface area contributed by atoms with Crippen LogP contribution in [0.3, 0.4) is 0 Å². The van der Waals surface area contributed by atoms with Crippen LogP contribution in [0.2, 0.25) is 0 Å². The summed E-state index contributed by atoms with van der Waals surface area (Å²) in [6.45, 7) is 5.11. The standard InChI is InChI=1S/C19H16FN5O2/c1-3-17(26)23-16-10-14(8-9-15(16)20)22-19(27)13-6-4-12(5-7-13)18-21-11(2)24-25-18/h3-10H,1H2,2H3,(H,22,27)(H,23,26)(H,21,24,25). The van der Waals surface area contributed by atoms with Gasteiger partial charge in [-0.25, -0.2) is 9.37 Å². The van der Waals surface area contributed by atoms with Crippen LogP contribution in [0.15, 0.2) is 55.1 Å². The van der Waals surface area contributed by atoms with Gasteiger partial charge in [-0.1, -0.05) is 18.7 Å². The molecule has 2 aromatic carbocycles. The normalized spacial score (nSPS) is 10.3. The molecule has 27 heavy (non-hydrogen) atoms. The molecule has 8 heteroatoms. The van der Waals surface area contributed by atoms with Gasteiger partial charge in [0.05, 0.1) is 5.69 Å². The fourth-order valence-corrected chi connectivity index (χ4v) is 2.33. The van der Waals surface area contributed by atoms with E-state index in [-0.39, 0.29) is 11.6 Å². The summed E-state index contributed by atoms with van der Waals surface area (Å²) < 4.78 is 13.8. The maximum absolute atomic E-state index is 13.8. The molecule has 0 bridgehead atoms. The second kappa shape index (κ2) is 7.61. The Morgan fingerprint density at radius 2 is 1.89 bits per heavy atom. The summed E-state index contributed by atoms with van der Waals surface area (Å²) in [4.78, 5) is 28.0. The monoisotopic (exact) mass is 365 g/mol. The van der Waals surface area contributed by atoms with E-state index in [1.54, 1.807) is 31.2 Å². The number of halogens is 1. The number of anilines is 2. The highest BCUT2D eigenvalue weighted by Crippen LogP contribution is 2.21. The maximum Gasteiger partial charge on any atom is 0.255 e. The van der Waals surface area contributed by atoms with Crippen LogP contribution >= 0.6 is 0 Å². The van der Waals surface area contributed by atoms with E-state index in [4.69, 9.17) is 0 Å². The number of nitrogens with one attached hydrogen (secondary N) is 3. The second-order valence-corrected chi connectivity index (χ2v) is 5.66. The van der Waals surface area contributed by atoms with Gasteiger partial charge in [-0.15, -0.1) is 0 Å². The van der Waals surface area contributed by atoms with E-state index in [1.807, 2.05) is 0 Å². The molecule has 0 atom stereocenters. The van der Waals surface area contributed by atoms with Gasteiger partial charge in [0.25, 0.3) is 5.91 Å². The number of H-pyrrole nitrogens is 1. The molecule has 136 valence electrons. The third kappa shape index (κ3) is 4.24. The Morgan fingerprint density at radius 1 is 1.15 bits per heavy atom. The third-order valence-corrected chi connectivity index (χ3v) is 3.67. The van der Waals surface area contributed by atoms with E-state index in [9.17, 15) is 14.0 Å². The summed E-state index contributed by atoms with van der Waals surface area (Å²) in [6.07, 6.45) is 1.03. The molecular formula is C19H16FN5O2. The minimum Gasteiger partial charge on any atom is -0.322 e. The van der Waals surface area contributed by atoms with Crippen LogP contribution in [0.1, 0.15) is 16.2 Å². The molecular weight excluding hydrogens is 349 g/mol. The van der Waals surface area contributed by atoms with Crippen LogP contribution in [-0.4, -0.2) is 27.0 Å². The lowest BCUT2D eigenvalue weighted by Crippen LogP contribution is -2.13. The fraction of sp³-hybridized carbons (Fsp3) is 0.0526. The fourth-order valence-electron chi connectivity index (χ4n) is 2.33. The third-order valence-electron chi connectivity index (χ3n) is 3.67. The molecule has 0 unspecified atom stereocenters. The lowest BCUT2D eigenvalue weighted by atomic mass is 10.1. The zero-order valence-corrected chi connectivity index (χ0v) is 14.4. The molecule has 7 nitrogen and oxygen atoms in total. The molecule has 0 fully saturated rings. The van der Waals surface area contributed by atoms with E-state index in [2.05, 4.69) is 32.4 Å². The Morgan fingerprint density at radius 3 is 2.52 bits per heavy atom. The number of rotatable bonds is 5. The Hall–Kier alpha value is -3.81. The van der Waals surface area contributed by atoms with E-state index < -0.39 is 11.7 Å². The number of aromatic nitrogens is 3. The van der Waals surface area contributed by atoms with Gasteiger partial charge in [0.1, 0.15) is 11.6 Å². The summed E-state index contributed by atoms with van der Waals surface area (Å²) in [7, 11) is 0. The van der Waals surface area contributed by atoms with Gasteiger partial charge in [0.15, 0.2) is 5.82 Å². The topological polar surface area (TPSA) is 99.8 Å². The number of nitrogens with zero attached hydrogens (tertiary/aromatic N) is 2. The van der Waals surface area contributed by atoms with Crippen molar-refractivity contribution < 1.29 is 14.0 Å². The van der Waals surface area contributed by atoms with Crippen molar-refractivity contribution in [2.75, 3.05) is 10.6 Å². The zero-order chi connectivity index (χ0) is 19.4. The number of hydrogen-bond acceptors (Lipinski definition) is 4. The predicted octanol–water partition coefficient (Wildman–Crippen LogP) is 3.30. The highest BCUT2D eigenvalue weighted by molar-refractivity contribution is 6.05. The average molecular weight is 365 g/mol. The largest absolute Gasteiger partial charge is 0.322 e. The first-order valence-electron chi connectivity index (χ1n) is 8.00. The van der Waals surface area contributed by atoms with Gasteiger partial charge in [0.2, 0.25) is 5.91 Å². The van der Waals surface area contributed by atoms with Gasteiger partial charge >= 0.3 is 0 Å². The van der Waals surface area contributed by atoms with Crippen LogP contribution in [0.4, 0.5) is 15.8 Å². The van der Waals surface area contributed by atoms with Crippen molar-refractivity contribution in [3.63, 3.8) is 0 Å². The zero-order valence-electron chi connectivity index (χ0n) is 14.4. The minimum absolute atomic E-state index is 0.0481. The molecule has 3 N–H and O–H groups in total. The summed E-state index contributed by atoms with van der Waals surface area (Å²) >= 11 is 0. The maximum atomic E-state index is 13.8. The van der Waals surface area contributed by atoms with E-state index in [1.165, 1.54) is 12.1 Å². The molecule has 2 amide bonds. The van der Waals surface area contributed by atoms with Crippen LogP contribution in [0.5, 0.6) is 0 Å². The van der Waals surface area contributed by atoms with Gasteiger partial charge in [-0.3, -0.25) is 14.7 Å². The molecule has 0 aliphatic carbocycles. The van der Waals surface area contributed by atoms with Crippen molar-refractivity contribution >= 4 is 23.2 Å². The minimum atomic E-state index is -0.616. The first kappa shape index (κ1) is 18.0. The Bertz CT molecular complexity index is 1010. The van der Waals surface area contributed by atoms with Crippen molar-refractivity contribution in [2.45, 2.75) is 6.92 Å². The lowest BCUT2D eigenvalue weighted by Gasteiger charge is -2.09. The van der Waals surface area contributed by atoms with E-state index in [0.29, 0.717) is 22.9 Å². The van der Waals surface area contributed by atoms with Crippen molar-refractivity contribution in [3.05, 3.63) is 72.3 Å². The molecule has 0 aliphatic heterocycles. The molecule has 0 saturated heterocycles. The number of carbonyl (C=O) groups is 2. The molecule has 1 heterocycles. The second-order valence-electron chi connectivity index (χ2n) is 5.66. The average Bonchev–Trinajstić information content (AvgIpc) is 3.10. The number of aryl methyl sites for hydroxylation is 1. The molecule has 0 aliphatic rings. The Balaban J connectivity index is 1.74. The van der Waals surface area contributed by atoms with Crippen LogP contribution in [-0.2, 0) is 4.79 Å². The molecule has 3 aromatic rings. The number of hydrogen-bond donors (Lipinski definition) is 3. The SMILES string of the molecule is C=CC(=O)Nc1cc(NC(=O)c2ccc(-c3n[nH]c(C)n3)cc2)ccc1F. The van der Waals surface area contributed by atoms with E-state index >= 15 is 0 Å². The van der Waals surface area contributed by atoms with E-state index in [0.717, 1.165) is 17.7 Å². The molecule has 1 aromatic heterocycles. The first-order chi connectivity index (χ1) is 13.0.